The Labute approximate surface area is 186 Å². The van der Waals surface area contributed by atoms with Crippen molar-refractivity contribution < 1.29 is 14.2 Å². The van der Waals surface area contributed by atoms with Gasteiger partial charge in [0, 0.05) is 12.1 Å². The fourth-order valence-electron chi connectivity index (χ4n) is 3.98. The number of fused-ring (bicyclic) bond motifs is 1. The smallest absolute Gasteiger partial charge is 0.270 e. The quantitative estimate of drug-likeness (QED) is 0.669. The number of amides is 3. The van der Waals surface area contributed by atoms with Crippen LogP contribution < -0.4 is 0 Å². The van der Waals surface area contributed by atoms with E-state index in [1.54, 1.807) is 23.9 Å². The number of aliphatic imine (C=N–C) groups is 1. The Kier molecular flexibility index (Phi) is 5.66. The summed E-state index contributed by atoms with van der Waals surface area (Å²) < 4.78 is 3.73. The summed E-state index contributed by atoms with van der Waals surface area (Å²) >= 11 is 5.98. The Morgan fingerprint density at radius 2 is 1.87 bits per heavy atom. The maximum absolute atomic E-state index is 13.6. The summed E-state index contributed by atoms with van der Waals surface area (Å²) in [5, 5.41) is 5.17. The largest absolute Gasteiger partial charge is 0.421 e. The Hall–Kier alpha value is -3.00. The third-order valence-corrected chi connectivity index (χ3v) is 5.85. The maximum Gasteiger partial charge on any atom is 0.421 e. The molecular formula is C22H26ClN6O2+. The van der Waals surface area contributed by atoms with Gasteiger partial charge in [0.15, 0.2) is 0 Å². The molecule has 1 saturated heterocycles. The van der Waals surface area contributed by atoms with Gasteiger partial charge in [-0.1, -0.05) is 42.1 Å². The van der Waals surface area contributed by atoms with Crippen LogP contribution in [0.4, 0.5) is 4.79 Å². The summed E-state index contributed by atoms with van der Waals surface area (Å²) in [5.41, 5.74) is 2.63. The molecule has 0 spiro atoms. The van der Waals surface area contributed by atoms with E-state index < -0.39 is 6.04 Å². The number of amidine groups is 1. The van der Waals surface area contributed by atoms with Gasteiger partial charge in [-0.15, -0.1) is 9.78 Å². The van der Waals surface area contributed by atoms with Crippen LogP contribution in [0.15, 0.2) is 35.3 Å². The van der Waals surface area contributed by atoms with E-state index in [-0.39, 0.29) is 18.5 Å². The average molecular weight is 442 g/mol. The molecule has 1 aromatic heterocycles. The fourth-order valence-corrected chi connectivity index (χ4v) is 4.11. The van der Waals surface area contributed by atoms with Gasteiger partial charge in [-0.2, -0.15) is 0 Å². The van der Waals surface area contributed by atoms with Crippen molar-refractivity contribution in [2.24, 2.45) is 4.99 Å². The van der Waals surface area contributed by atoms with Gasteiger partial charge in [0.1, 0.15) is 5.69 Å². The normalized spacial score (nSPS) is 18.7. The van der Waals surface area contributed by atoms with E-state index in [0.717, 1.165) is 29.8 Å². The first kappa shape index (κ1) is 21.2. The van der Waals surface area contributed by atoms with Crippen LogP contribution in [0.1, 0.15) is 36.7 Å². The minimum absolute atomic E-state index is 0.180. The predicted molar refractivity (Wildman–Crippen MR) is 119 cm³/mol. The number of hydrogen-bond donors (Lipinski definition) is 0. The van der Waals surface area contributed by atoms with Crippen molar-refractivity contribution in [3.63, 3.8) is 0 Å². The number of aryl methyl sites for hydroxylation is 2. The number of unbranched alkanes of at least 4 members (excludes halogenated alkanes) is 1. The van der Waals surface area contributed by atoms with Crippen LogP contribution in [0, 0.1) is 13.8 Å². The Bertz CT molecular complexity index is 1100. The number of likely N-dealkylation sites (N-methyl/N-ethyl adjacent to an activating group) is 1. The van der Waals surface area contributed by atoms with E-state index in [2.05, 4.69) is 12.0 Å². The molecule has 3 heterocycles. The van der Waals surface area contributed by atoms with Crippen LogP contribution in [0.3, 0.4) is 0 Å². The molecular weight excluding hydrogens is 416 g/mol. The fraction of sp³-hybridized carbons (Fsp3) is 0.409. The lowest BCUT2D eigenvalue weighted by molar-refractivity contribution is -0.538. The second-order valence-electron chi connectivity index (χ2n) is 7.95. The van der Waals surface area contributed by atoms with Crippen molar-refractivity contribution in [3.05, 3.63) is 52.3 Å². The molecule has 9 heteroatoms. The van der Waals surface area contributed by atoms with Crippen molar-refractivity contribution in [1.29, 1.82) is 0 Å². The molecule has 0 saturated carbocycles. The van der Waals surface area contributed by atoms with Crippen molar-refractivity contribution in [1.82, 2.24) is 19.6 Å². The van der Waals surface area contributed by atoms with Crippen LogP contribution in [0.5, 0.6) is 0 Å². The second-order valence-corrected chi connectivity index (χ2v) is 8.39. The number of urea groups is 1. The van der Waals surface area contributed by atoms with Crippen LogP contribution in [-0.2, 0) is 11.3 Å². The van der Waals surface area contributed by atoms with Gasteiger partial charge in [-0.25, -0.2) is 9.37 Å². The number of benzene rings is 1. The standard InChI is InChI=1S/C22H26ClN6O2/c1-5-6-11-27-18-19(24-21(27)29-15(3)12-14(2)25-29)26(4)22(31)28(20(18)30)13-16-7-9-17(23)10-8-16/h7-10,12,18H,5-6,11,13H2,1-4H3/q+1. The zero-order valence-electron chi connectivity index (χ0n) is 18.2. The summed E-state index contributed by atoms with van der Waals surface area (Å²) in [5.74, 6) is 0.755. The zero-order chi connectivity index (χ0) is 22.3. The molecule has 4 rings (SSSR count). The van der Waals surface area contributed by atoms with E-state index in [9.17, 15) is 9.59 Å². The summed E-state index contributed by atoms with van der Waals surface area (Å²) in [4.78, 5) is 34.1. The monoisotopic (exact) mass is 441 g/mol. The van der Waals surface area contributed by atoms with Gasteiger partial charge in [0.05, 0.1) is 18.8 Å². The highest BCUT2D eigenvalue weighted by Crippen LogP contribution is 2.23. The van der Waals surface area contributed by atoms with Crippen molar-refractivity contribution in [2.45, 2.75) is 46.2 Å². The third-order valence-electron chi connectivity index (χ3n) is 5.59. The molecule has 1 aromatic carbocycles. The molecule has 1 unspecified atom stereocenters. The van der Waals surface area contributed by atoms with Crippen LogP contribution in [0.25, 0.3) is 0 Å². The number of halogens is 1. The molecule has 0 bridgehead atoms. The summed E-state index contributed by atoms with van der Waals surface area (Å²) in [7, 11) is 1.66. The Morgan fingerprint density at radius 1 is 1.16 bits per heavy atom. The van der Waals surface area contributed by atoms with Crippen LogP contribution in [0.2, 0.25) is 5.02 Å². The van der Waals surface area contributed by atoms with Gasteiger partial charge in [-0.05, 0) is 44.0 Å². The molecule has 0 N–H and O–H groups in total. The highest BCUT2D eigenvalue weighted by molar-refractivity contribution is 6.30. The SMILES string of the molecule is CCCC[N+]1=C(n2nc(C)cc2C)N=C2C1C(=O)N(Cc1ccc(Cl)cc1)C(=O)N2C. The highest BCUT2D eigenvalue weighted by atomic mass is 35.5. The molecule has 162 valence electrons. The number of nitrogens with zero attached hydrogens (tertiary/aromatic N) is 6. The van der Waals surface area contributed by atoms with Crippen LogP contribution >= 0.6 is 11.6 Å². The lowest BCUT2D eigenvalue weighted by Crippen LogP contribution is -2.62. The molecule has 1 atom stereocenters. The topological polar surface area (TPSA) is 73.8 Å². The Balaban J connectivity index is 1.75. The average Bonchev–Trinajstić information content (AvgIpc) is 3.28. The lowest BCUT2D eigenvalue weighted by Gasteiger charge is -2.34. The number of imide groups is 1. The summed E-state index contributed by atoms with van der Waals surface area (Å²) in [6, 6.07) is 8.08. The van der Waals surface area contributed by atoms with Crippen molar-refractivity contribution in [3.8, 4) is 0 Å². The molecule has 31 heavy (non-hydrogen) atoms. The van der Waals surface area contributed by atoms with Crippen molar-refractivity contribution in [2.75, 3.05) is 13.6 Å². The third kappa shape index (κ3) is 3.76. The van der Waals surface area contributed by atoms with Gasteiger partial charge in [0.25, 0.3) is 5.91 Å². The minimum atomic E-state index is -0.652. The number of hydrogen-bond acceptors (Lipinski definition) is 4. The van der Waals surface area contributed by atoms with E-state index in [1.807, 2.05) is 36.6 Å². The van der Waals surface area contributed by atoms with E-state index in [4.69, 9.17) is 16.6 Å². The molecule has 0 aliphatic carbocycles. The first-order chi connectivity index (χ1) is 14.8. The van der Waals surface area contributed by atoms with E-state index >= 15 is 0 Å². The second kappa shape index (κ2) is 8.26. The molecule has 8 nitrogen and oxygen atoms in total. The molecule has 1 fully saturated rings. The first-order valence-corrected chi connectivity index (χ1v) is 10.8. The number of aromatic nitrogens is 2. The number of rotatable bonds is 5. The van der Waals surface area contributed by atoms with E-state index in [0.29, 0.717) is 23.4 Å². The number of carbonyl (C=O) groups is 2. The predicted octanol–water partition coefficient (Wildman–Crippen LogP) is 3.04. The number of carbonyl (C=O) groups excluding carboxylic acids is 2. The molecule has 2 aromatic rings. The van der Waals surface area contributed by atoms with Gasteiger partial charge < -0.3 is 0 Å². The summed E-state index contributed by atoms with van der Waals surface area (Å²) in [6.45, 7) is 6.80. The first-order valence-electron chi connectivity index (χ1n) is 10.4. The minimum Gasteiger partial charge on any atom is -0.270 e. The summed E-state index contributed by atoms with van der Waals surface area (Å²) in [6.07, 6.45) is 1.87. The molecule has 2 aliphatic heterocycles. The highest BCUT2D eigenvalue weighted by Gasteiger charge is 2.53. The van der Waals surface area contributed by atoms with Crippen LogP contribution in [-0.4, -0.2) is 67.5 Å². The lowest BCUT2D eigenvalue weighted by atomic mass is 10.1. The maximum atomic E-state index is 13.6. The zero-order valence-corrected chi connectivity index (χ0v) is 18.9. The van der Waals surface area contributed by atoms with Gasteiger partial charge in [-0.3, -0.25) is 14.6 Å². The molecule has 0 radical (unpaired) electrons. The van der Waals surface area contributed by atoms with E-state index in [1.165, 1.54) is 9.80 Å². The van der Waals surface area contributed by atoms with Gasteiger partial charge in [0.2, 0.25) is 11.9 Å². The molecule has 2 aliphatic rings. The Morgan fingerprint density at radius 3 is 2.48 bits per heavy atom. The van der Waals surface area contributed by atoms with Gasteiger partial charge >= 0.3 is 12.0 Å². The van der Waals surface area contributed by atoms with Crippen molar-refractivity contribution >= 4 is 35.3 Å². The molecule has 3 amide bonds.